The van der Waals surface area contributed by atoms with Crippen molar-refractivity contribution in [1.82, 2.24) is 10.6 Å². The molecule has 0 saturated carbocycles. The summed E-state index contributed by atoms with van der Waals surface area (Å²) in [5.41, 5.74) is 0.269. The van der Waals surface area contributed by atoms with Crippen molar-refractivity contribution in [3.8, 4) is 0 Å². The van der Waals surface area contributed by atoms with Crippen LogP contribution in [0.5, 0.6) is 0 Å². The number of hydrogen-bond acceptors (Lipinski definition) is 3. The molecular formula is C12H27ClN2O2. The Balaban J connectivity index is 0. The number of carbonyl (C=O) groups is 1. The van der Waals surface area contributed by atoms with E-state index in [1.165, 1.54) is 7.11 Å². The lowest BCUT2D eigenvalue weighted by molar-refractivity contribution is 0.170. The minimum absolute atomic E-state index is 0. The average molecular weight is 267 g/mol. The van der Waals surface area contributed by atoms with E-state index in [4.69, 9.17) is 0 Å². The highest BCUT2D eigenvalue weighted by molar-refractivity contribution is 5.85. The predicted molar refractivity (Wildman–Crippen MR) is 73.9 cm³/mol. The molecule has 0 aliphatic carbocycles. The fourth-order valence-corrected chi connectivity index (χ4v) is 1.83. The predicted octanol–water partition coefficient (Wildman–Crippen LogP) is 2.71. The molecule has 0 spiro atoms. The third kappa shape index (κ3) is 7.45. The van der Waals surface area contributed by atoms with Crippen LogP contribution in [0, 0.1) is 0 Å². The molecule has 0 unspecified atom stereocenters. The van der Waals surface area contributed by atoms with Crippen molar-refractivity contribution in [3.63, 3.8) is 0 Å². The first-order valence-electron chi connectivity index (χ1n) is 6.21. The topological polar surface area (TPSA) is 50.4 Å². The van der Waals surface area contributed by atoms with Crippen LogP contribution in [0.1, 0.15) is 46.5 Å². The van der Waals surface area contributed by atoms with E-state index in [9.17, 15) is 4.79 Å². The van der Waals surface area contributed by atoms with E-state index in [2.05, 4.69) is 36.1 Å². The van der Waals surface area contributed by atoms with Crippen molar-refractivity contribution >= 4 is 18.5 Å². The molecule has 0 heterocycles. The molecule has 0 aromatic carbocycles. The molecule has 0 aromatic heterocycles. The molecule has 17 heavy (non-hydrogen) atoms. The van der Waals surface area contributed by atoms with Crippen LogP contribution in [0.4, 0.5) is 4.79 Å². The number of halogens is 1. The van der Waals surface area contributed by atoms with Crippen LogP contribution in [-0.2, 0) is 4.74 Å². The molecule has 1 amide bonds. The molecule has 0 radical (unpaired) electrons. The third-order valence-corrected chi connectivity index (χ3v) is 3.34. The van der Waals surface area contributed by atoms with Crippen LogP contribution >= 0.6 is 12.4 Å². The zero-order valence-corrected chi connectivity index (χ0v) is 12.3. The molecule has 0 fully saturated rings. The van der Waals surface area contributed by atoms with Crippen molar-refractivity contribution < 1.29 is 9.53 Å². The standard InChI is InChI=1S/C12H26N2O2.ClH/c1-5-12(6-2,7-3)14-10-8-9-13-11(15)16-4;/h14H,5-10H2,1-4H3,(H,13,15);1H. The summed E-state index contributed by atoms with van der Waals surface area (Å²) in [7, 11) is 1.38. The Kier molecular flexibility index (Phi) is 11.8. The number of hydrogen-bond donors (Lipinski definition) is 2. The molecular weight excluding hydrogens is 240 g/mol. The normalized spacial score (nSPS) is 10.6. The van der Waals surface area contributed by atoms with E-state index in [-0.39, 0.29) is 24.0 Å². The summed E-state index contributed by atoms with van der Waals surface area (Å²) in [5, 5.41) is 6.25. The Morgan fingerprint density at radius 2 is 1.65 bits per heavy atom. The second kappa shape index (κ2) is 10.7. The van der Waals surface area contributed by atoms with Gasteiger partial charge in [-0.15, -0.1) is 12.4 Å². The number of nitrogens with one attached hydrogen (secondary N) is 2. The first-order valence-corrected chi connectivity index (χ1v) is 6.21. The average Bonchev–Trinajstić information content (AvgIpc) is 2.34. The maximum Gasteiger partial charge on any atom is 0.406 e. The minimum Gasteiger partial charge on any atom is -0.453 e. The van der Waals surface area contributed by atoms with Gasteiger partial charge in [0.2, 0.25) is 0 Å². The number of carbonyl (C=O) groups excluding carboxylic acids is 1. The summed E-state index contributed by atoms with van der Waals surface area (Å²) < 4.78 is 4.49. The molecule has 2 N–H and O–H groups in total. The van der Waals surface area contributed by atoms with Crippen molar-refractivity contribution in [2.75, 3.05) is 20.2 Å². The molecule has 5 heteroatoms. The van der Waals surface area contributed by atoms with E-state index in [1.54, 1.807) is 0 Å². The number of ether oxygens (including phenoxy) is 1. The van der Waals surface area contributed by atoms with Gasteiger partial charge in [0.1, 0.15) is 0 Å². The Bertz CT molecular complexity index is 189. The first-order chi connectivity index (χ1) is 7.64. The summed E-state index contributed by atoms with van der Waals surface area (Å²) in [6.07, 6.45) is 4.00. The van der Waals surface area contributed by atoms with Crippen LogP contribution in [-0.4, -0.2) is 31.8 Å². The van der Waals surface area contributed by atoms with Crippen molar-refractivity contribution in [2.24, 2.45) is 0 Å². The SMILES string of the molecule is CCC(CC)(CC)NCCCNC(=O)OC.Cl. The van der Waals surface area contributed by atoms with Gasteiger partial charge in [0.15, 0.2) is 0 Å². The fraction of sp³-hybridized carbons (Fsp3) is 0.917. The van der Waals surface area contributed by atoms with E-state index >= 15 is 0 Å². The first kappa shape index (κ1) is 18.9. The molecule has 0 saturated heterocycles. The Morgan fingerprint density at radius 1 is 1.12 bits per heavy atom. The quantitative estimate of drug-likeness (QED) is 0.664. The highest BCUT2D eigenvalue weighted by Gasteiger charge is 2.21. The molecule has 0 aliphatic heterocycles. The van der Waals surface area contributed by atoms with Crippen molar-refractivity contribution in [3.05, 3.63) is 0 Å². The second-order valence-electron chi connectivity index (χ2n) is 4.04. The lowest BCUT2D eigenvalue weighted by Gasteiger charge is -2.32. The zero-order chi connectivity index (χ0) is 12.4. The zero-order valence-electron chi connectivity index (χ0n) is 11.5. The molecule has 104 valence electrons. The van der Waals surface area contributed by atoms with Gasteiger partial charge < -0.3 is 15.4 Å². The van der Waals surface area contributed by atoms with E-state index < -0.39 is 0 Å². The molecule has 4 nitrogen and oxygen atoms in total. The lowest BCUT2D eigenvalue weighted by atomic mass is 9.90. The minimum atomic E-state index is -0.354. The van der Waals surface area contributed by atoms with Crippen LogP contribution in [0.15, 0.2) is 0 Å². The fourth-order valence-electron chi connectivity index (χ4n) is 1.83. The van der Waals surface area contributed by atoms with Gasteiger partial charge in [-0.2, -0.15) is 0 Å². The van der Waals surface area contributed by atoms with Gasteiger partial charge in [-0.3, -0.25) is 0 Å². The Hall–Kier alpha value is -0.480. The van der Waals surface area contributed by atoms with Gasteiger partial charge >= 0.3 is 6.09 Å². The Morgan fingerprint density at radius 3 is 2.06 bits per heavy atom. The summed E-state index contributed by atoms with van der Waals surface area (Å²) in [6, 6.07) is 0. The van der Waals surface area contributed by atoms with Gasteiger partial charge in [-0.25, -0.2) is 4.79 Å². The van der Waals surface area contributed by atoms with Gasteiger partial charge in [0.25, 0.3) is 0 Å². The van der Waals surface area contributed by atoms with Crippen molar-refractivity contribution in [1.29, 1.82) is 0 Å². The molecule has 0 aromatic rings. The highest BCUT2D eigenvalue weighted by Crippen LogP contribution is 2.18. The number of rotatable bonds is 8. The Labute approximate surface area is 111 Å². The van der Waals surface area contributed by atoms with Gasteiger partial charge in [-0.05, 0) is 32.2 Å². The lowest BCUT2D eigenvalue weighted by Crippen LogP contribution is -2.44. The van der Waals surface area contributed by atoms with Gasteiger partial charge in [-0.1, -0.05) is 20.8 Å². The number of amides is 1. The highest BCUT2D eigenvalue weighted by atomic mass is 35.5. The monoisotopic (exact) mass is 266 g/mol. The summed E-state index contributed by atoms with van der Waals surface area (Å²) in [5.74, 6) is 0. The van der Waals surface area contributed by atoms with E-state index in [0.717, 1.165) is 32.2 Å². The molecule has 0 aliphatic rings. The van der Waals surface area contributed by atoms with Crippen LogP contribution in [0.3, 0.4) is 0 Å². The van der Waals surface area contributed by atoms with Crippen LogP contribution in [0.25, 0.3) is 0 Å². The van der Waals surface area contributed by atoms with Crippen molar-refractivity contribution in [2.45, 2.75) is 52.0 Å². The van der Waals surface area contributed by atoms with E-state index in [0.29, 0.717) is 6.54 Å². The molecule has 0 rings (SSSR count). The van der Waals surface area contributed by atoms with E-state index in [1.807, 2.05) is 0 Å². The number of alkyl carbamates (subject to hydrolysis) is 1. The van der Waals surface area contributed by atoms with Crippen LogP contribution < -0.4 is 10.6 Å². The third-order valence-electron chi connectivity index (χ3n) is 3.34. The largest absolute Gasteiger partial charge is 0.453 e. The van der Waals surface area contributed by atoms with Gasteiger partial charge in [0, 0.05) is 12.1 Å². The number of methoxy groups -OCH3 is 1. The second-order valence-corrected chi connectivity index (χ2v) is 4.04. The summed E-state index contributed by atoms with van der Waals surface area (Å²) in [4.78, 5) is 10.8. The smallest absolute Gasteiger partial charge is 0.406 e. The van der Waals surface area contributed by atoms with Crippen LogP contribution in [0.2, 0.25) is 0 Å². The van der Waals surface area contributed by atoms with Gasteiger partial charge in [0.05, 0.1) is 7.11 Å². The summed E-state index contributed by atoms with van der Waals surface area (Å²) in [6.45, 7) is 8.23. The maximum absolute atomic E-state index is 10.8. The molecule has 0 atom stereocenters. The summed E-state index contributed by atoms with van der Waals surface area (Å²) >= 11 is 0. The maximum atomic E-state index is 10.8. The molecule has 0 bridgehead atoms.